The molecule has 1 saturated heterocycles. The van der Waals surface area contributed by atoms with Gasteiger partial charge in [0.2, 0.25) is 6.79 Å². The van der Waals surface area contributed by atoms with Crippen LogP contribution in [0.5, 0.6) is 11.5 Å². The van der Waals surface area contributed by atoms with Crippen molar-refractivity contribution >= 4 is 38.9 Å². The Balaban J connectivity index is 1.29. The zero-order chi connectivity index (χ0) is 18.2. The molecule has 1 aromatic heterocycles. The van der Waals surface area contributed by atoms with Crippen LogP contribution in [0.2, 0.25) is 0 Å². The molecule has 2 aromatic carbocycles. The molecule has 1 atom stereocenters. The zero-order valence-electron chi connectivity index (χ0n) is 14.7. The van der Waals surface area contributed by atoms with E-state index in [4.69, 9.17) is 26.7 Å². The molecule has 0 aliphatic carbocycles. The van der Waals surface area contributed by atoms with Gasteiger partial charge in [0.15, 0.2) is 16.6 Å². The number of ether oxygens (including phenoxy) is 2. The van der Waals surface area contributed by atoms with E-state index >= 15 is 0 Å². The molecule has 3 heterocycles. The highest BCUT2D eigenvalue weighted by atomic mass is 32.1. The lowest BCUT2D eigenvalue weighted by molar-refractivity contribution is 0.174. The quantitative estimate of drug-likeness (QED) is 0.667. The summed E-state index contributed by atoms with van der Waals surface area (Å²) in [5.41, 5.74) is 2.20. The van der Waals surface area contributed by atoms with E-state index in [-0.39, 0.29) is 6.04 Å². The van der Waals surface area contributed by atoms with Gasteiger partial charge in [-0.15, -0.1) is 11.3 Å². The number of fused-ring (bicyclic) bond motifs is 2. The van der Waals surface area contributed by atoms with E-state index in [1.165, 1.54) is 4.70 Å². The lowest BCUT2D eigenvalue weighted by Crippen LogP contribution is -2.38. The van der Waals surface area contributed by atoms with Gasteiger partial charge in [-0.25, -0.2) is 4.98 Å². The van der Waals surface area contributed by atoms with Gasteiger partial charge in [-0.2, -0.15) is 0 Å². The summed E-state index contributed by atoms with van der Waals surface area (Å²) < 4.78 is 12.0. The third kappa shape index (κ3) is 3.21. The first kappa shape index (κ1) is 16.8. The molecule has 27 heavy (non-hydrogen) atoms. The van der Waals surface area contributed by atoms with Gasteiger partial charge in [0.1, 0.15) is 5.01 Å². The predicted molar refractivity (Wildman–Crippen MR) is 110 cm³/mol. The summed E-state index contributed by atoms with van der Waals surface area (Å²) in [5, 5.41) is 5.34. The number of thiocarbonyl (C=S) groups is 1. The SMILES string of the molecule is S=C(NCc1ccc2c(c1)OCO2)N1CCC[C@@H]1c1nc2ccccc2s1. The molecule has 7 heteroatoms. The fourth-order valence-corrected chi connectivity index (χ4v) is 5.04. The Hall–Kier alpha value is -2.38. The van der Waals surface area contributed by atoms with Crippen LogP contribution in [0, 0.1) is 0 Å². The van der Waals surface area contributed by atoms with Crippen LogP contribution in [0.1, 0.15) is 29.5 Å². The monoisotopic (exact) mass is 397 g/mol. The average Bonchev–Trinajstić information content (AvgIpc) is 3.43. The maximum absolute atomic E-state index is 5.71. The second-order valence-electron chi connectivity index (χ2n) is 6.72. The summed E-state index contributed by atoms with van der Waals surface area (Å²) in [5.74, 6) is 1.60. The van der Waals surface area contributed by atoms with Gasteiger partial charge in [0.25, 0.3) is 0 Å². The van der Waals surface area contributed by atoms with E-state index in [9.17, 15) is 0 Å². The third-order valence-electron chi connectivity index (χ3n) is 4.99. The van der Waals surface area contributed by atoms with Gasteiger partial charge in [-0.1, -0.05) is 18.2 Å². The van der Waals surface area contributed by atoms with Crippen LogP contribution < -0.4 is 14.8 Å². The second-order valence-corrected chi connectivity index (χ2v) is 8.17. The van der Waals surface area contributed by atoms with Crippen LogP contribution in [0.3, 0.4) is 0 Å². The summed E-state index contributed by atoms with van der Waals surface area (Å²) in [6.07, 6.45) is 2.22. The summed E-state index contributed by atoms with van der Waals surface area (Å²) in [6, 6.07) is 14.6. The molecule has 0 spiro atoms. The predicted octanol–water partition coefficient (Wildman–Crippen LogP) is 4.24. The molecule has 5 rings (SSSR count). The van der Waals surface area contributed by atoms with Crippen molar-refractivity contribution in [1.29, 1.82) is 0 Å². The molecule has 1 fully saturated rings. The van der Waals surface area contributed by atoms with Crippen LogP contribution in [0.25, 0.3) is 10.2 Å². The molecule has 2 aliphatic rings. The highest BCUT2D eigenvalue weighted by Crippen LogP contribution is 2.36. The standard InChI is InChI=1S/C20H19N3O2S2/c26-20(21-11-13-7-8-16-17(10-13)25-12-24-16)23-9-3-5-15(23)19-22-14-4-1-2-6-18(14)27-19/h1-2,4,6-8,10,15H,3,5,9,11-12H2,(H,21,26)/t15-/m1/s1. The summed E-state index contributed by atoms with van der Waals surface area (Å²) in [7, 11) is 0. The van der Waals surface area contributed by atoms with Crippen molar-refractivity contribution in [2.75, 3.05) is 13.3 Å². The molecule has 0 unspecified atom stereocenters. The van der Waals surface area contributed by atoms with Gasteiger partial charge in [0, 0.05) is 13.1 Å². The molecule has 1 N–H and O–H groups in total. The van der Waals surface area contributed by atoms with Crippen molar-refractivity contribution in [2.24, 2.45) is 0 Å². The Morgan fingerprint density at radius 3 is 3.04 bits per heavy atom. The number of rotatable bonds is 3. The number of hydrogen-bond acceptors (Lipinski definition) is 5. The van der Waals surface area contributed by atoms with Crippen LogP contribution >= 0.6 is 23.6 Å². The molecule has 2 aliphatic heterocycles. The van der Waals surface area contributed by atoms with Crippen molar-refractivity contribution in [2.45, 2.75) is 25.4 Å². The maximum atomic E-state index is 5.71. The van der Waals surface area contributed by atoms with Gasteiger partial charge < -0.3 is 19.7 Å². The fourth-order valence-electron chi connectivity index (χ4n) is 3.63. The lowest BCUT2D eigenvalue weighted by Gasteiger charge is -2.26. The first-order chi connectivity index (χ1) is 13.3. The zero-order valence-corrected chi connectivity index (χ0v) is 16.3. The summed E-state index contributed by atoms with van der Waals surface area (Å²) in [4.78, 5) is 7.12. The third-order valence-corrected chi connectivity index (χ3v) is 6.51. The van der Waals surface area contributed by atoms with Crippen LogP contribution in [0.15, 0.2) is 42.5 Å². The Morgan fingerprint density at radius 2 is 2.11 bits per heavy atom. The minimum Gasteiger partial charge on any atom is -0.454 e. The Morgan fingerprint density at radius 1 is 1.22 bits per heavy atom. The highest BCUT2D eigenvalue weighted by molar-refractivity contribution is 7.80. The molecule has 5 nitrogen and oxygen atoms in total. The van der Waals surface area contributed by atoms with Crippen LogP contribution in [-0.2, 0) is 6.54 Å². The van der Waals surface area contributed by atoms with E-state index in [0.29, 0.717) is 13.3 Å². The number of benzene rings is 2. The number of thiazole rings is 1. The highest BCUT2D eigenvalue weighted by Gasteiger charge is 2.30. The number of para-hydroxylation sites is 1. The van der Waals surface area contributed by atoms with Gasteiger partial charge >= 0.3 is 0 Å². The van der Waals surface area contributed by atoms with Gasteiger partial charge in [-0.3, -0.25) is 0 Å². The second kappa shape index (κ2) is 6.98. The number of aromatic nitrogens is 1. The van der Waals surface area contributed by atoms with E-state index in [1.807, 2.05) is 24.3 Å². The first-order valence-corrected chi connectivity index (χ1v) is 10.3. The number of likely N-dealkylation sites (tertiary alicyclic amines) is 1. The Kier molecular flexibility index (Phi) is 4.33. The van der Waals surface area contributed by atoms with Crippen LogP contribution in [-0.4, -0.2) is 28.3 Å². The van der Waals surface area contributed by atoms with Crippen molar-refractivity contribution in [1.82, 2.24) is 15.2 Å². The van der Waals surface area contributed by atoms with E-state index < -0.39 is 0 Å². The van der Waals surface area contributed by atoms with E-state index in [1.54, 1.807) is 11.3 Å². The lowest BCUT2D eigenvalue weighted by atomic mass is 10.2. The largest absolute Gasteiger partial charge is 0.454 e. The Bertz CT molecular complexity index is 971. The molecular formula is C20H19N3O2S2. The first-order valence-electron chi connectivity index (χ1n) is 9.06. The minimum atomic E-state index is 0.263. The van der Waals surface area contributed by atoms with Gasteiger partial charge in [0.05, 0.1) is 16.3 Å². The fraction of sp³-hybridized carbons (Fsp3) is 0.300. The molecule has 0 radical (unpaired) electrons. The molecule has 3 aromatic rings. The summed E-state index contributed by atoms with van der Waals surface area (Å²) in [6.45, 7) is 1.92. The molecular weight excluding hydrogens is 378 g/mol. The Labute approximate surface area is 166 Å². The molecule has 138 valence electrons. The maximum Gasteiger partial charge on any atom is 0.231 e. The summed E-state index contributed by atoms with van der Waals surface area (Å²) >= 11 is 7.48. The van der Waals surface area contributed by atoms with Crippen LogP contribution in [0.4, 0.5) is 0 Å². The molecule has 0 saturated carbocycles. The van der Waals surface area contributed by atoms with E-state index in [0.717, 1.165) is 52.1 Å². The minimum absolute atomic E-state index is 0.263. The smallest absolute Gasteiger partial charge is 0.231 e. The molecule has 0 bridgehead atoms. The van der Waals surface area contributed by atoms with Crippen molar-refractivity contribution in [3.05, 3.63) is 53.0 Å². The normalized spacial score (nSPS) is 18.2. The van der Waals surface area contributed by atoms with Crippen molar-refractivity contribution < 1.29 is 9.47 Å². The molecule has 0 amide bonds. The van der Waals surface area contributed by atoms with E-state index in [2.05, 4.69) is 28.4 Å². The van der Waals surface area contributed by atoms with Crippen molar-refractivity contribution in [3.63, 3.8) is 0 Å². The average molecular weight is 398 g/mol. The topological polar surface area (TPSA) is 46.6 Å². The van der Waals surface area contributed by atoms with Crippen molar-refractivity contribution in [3.8, 4) is 11.5 Å². The van der Waals surface area contributed by atoms with Gasteiger partial charge in [-0.05, 0) is 54.9 Å². The number of nitrogens with one attached hydrogen (secondary N) is 1. The number of nitrogens with zero attached hydrogens (tertiary/aromatic N) is 2. The number of hydrogen-bond donors (Lipinski definition) is 1.